The van der Waals surface area contributed by atoms with E-state index in [1.54, 1.807) is 19.1 Å². The lowest BCUT2D eigenvalue weighted by molar-refractivity contribution is -0.129. The fraction of sp³-hybridized carbons (Fsp3) is 0.316. The van der Waals surface area contributed by atoms with E-state index in [4.69, 9.17) is 22.1 Å². The standard InChI is InChI=1S/C19H22ClN3O4/c1-2-27-19(26)13-7-5-12(6-8-13)4-3-9-22-18(25)16(24)14-10-15(20)17(21)23-11-14/h5-8,10-11,16,24H,2-4,9H2,1H3,(H2,21,23)(H,22,25). The molecule has 1 amide bonds. The SMILES string of the molecule is CCOC(=O)c1ccc(CCCNC(=O)C(O)c2cnc(N)c(Cl)c2)cc1. The first-order valence-corrected chi connectivity index (χ1v) is 8.93. The van der Waals surface area contributed by atoms with E-state index in [1.807, 2.05) is 12.1 Å². The Labute approximate surface area is 162 Å². The van der Waals surface area contributed by atoms with Gasteiger partial charge in [-0.3, -0.25) is 4.79 Å². The summed E-state index contributed by atoms with van der Waals surface area (Å²) in [6, 6.07) is 8.55. The van der Waals surface area contributed by atoms with E-state index in [0.717, 1.165) is 5.56 Å². The molecule has 0 aliphatic heterocycles. The number of nitrogens with one attached hydrogen (secondary N) is 1. The number of nitrogens with zero attached hydrogens (tertiary/aromatic N) is 1. The molecule has 0 fully saturated rings. The van der Waals surface area contributed by atoms with Gasteiger partial charge in [0.2, 0.25) is 0 Å². The highest BCUT2D eigenvalue weighted by molar-refractivity contribution is 6.32. The van der Waals surface area contributed by atoms with Crippen molar-refractivity contribution in [3.63, 3.8) is 0 Å². The van der Waals surface area contributed by atoms with Gasteiger partial charge in [0.1, 0.15) is 5.82 Å². The molecule has 0 bridgehead atoms. The molecule has 27 heavy (non-hydrogen) atoms. The minimum absolute atomic E-state index is 0.141. The number of carbonyl (C=O) groups is 2. The number of aliphatic hydroxyl groups excluding tert-OH is 1. The minimum atomic E-state index is -1.36. The number of nitrogen functional groups attached to an aromatic ring is 1. The number of hydrogen-bond donors (Lipinski definition) is 3. The number of aliphatic hydroxyl groups is 1. The van der Waals surface area contributed by atoms with Crippen LogP contribution in [-0.4, -0.2) is 35.1 Å². The number of anilines is 1. The summed E-state index contributed by atoms with van der Waals surface area (Å²) < 4.78 is 4.94. The molecule has 1 unspecified atom stereocenters. The topological polar surface area (TPSA) is 115 Å². The third-order valence-electron chi connectivity index (χ3n) is 3.86. The Kier molecular flexibility index (Phi) is 7.57. The maximum atomic E-state index is 12.0. The van der Waals surface area contributed by atoms with Gasteiger partial charge in [-0.25, -0.2) is 9.78 Å². The maximum absolute atomic E-state index is 12.0. The molecule has 8 heteroatoms. The monoisotopic (exact) mass is 391 g/mol. The van der Waals surface area contributed by atoms with Gasteiger partial charge in [0.25, 0.3) is 5.91 Å². The van der Waals surface area contributed by atoms with Crippen LogP contribution in [-0.2, 0) is 16.0 Å². The minimum Gasteiger partial charge on any atom is -0.462 e. The summed E-state index contributed by atoms with van der Waals surface area (Å²) in [5.41, 5.74) is 7.33. The number of benzene rings is 1. The first kappa shape index (κ1) is 20.7. The van der Waals surface area contributed by atoms with E-state index in [9.17, 15) is 14.7 Å². The Morgan fingerprint density at radius 2 is 2.04 bits per heavy atom. The van der Waals surface area contributed by atoms with E-state index < -0.39 is 12.0 Å². The van der Waals surface area contributed by atoms with E-state index in [2.05, 4.69) is 10.3 Å². The van der Waals surface area contributed by atoms with Crippen LogP contribution in [0.3, 0.4) is 0 Å². The quantitative estimate of drug-likeness (QED) is 0.469. The van der Waals surface area contributed by atoms with Crippen molar-refractivity contribution in [1.82, 2.24) is 10.3 Å². The Balaban J connectivity index is 1.78. The van der Waals surface area contributed by atoms with Gasteiger partial charge in [-0.05, 0) is 43.5 Å². The normalized spacial score (nSPS) is 11.7. The molecule has 1 aromatic carbocycles. The summed E-state index contributed by atoms with van der Waals surface area (Å²) in [4.78, 5) is 27.4. The molecule has 0 saturated carbocycles. The highest BCUT2D eigenvalue weighted by Crippen LogP contribution is 2.21. The van der Waals surface area contributed by atoms with Gasteiger partial charge in [0, 0.05) is 18.3 Å². The molecule has 7 nitrogen and oxygen atoms in total. The molecule has 0 aliphatic carbocycles. The van der Waals surface area contributed by atoms with Gasteiger partial charge >= 0.3 is 5.97 Å². The van der Waals surface area contributed by atoms with Gasteiger partial charge < -0.3 is 20.9 Å². The number of pyridine rings is 1. The van der Waals surface area contributed by atoms with Crippen LogP contribution in [0.15, 0.2) is 36.5 Å². The Morgan fingerprint density at radius 1 is 1.33 bits per heavy atom. The Morgan fingerprint density at radius 3 is 2.67 bits per heavy atom. The number of amides is 1. The van der Waals surface area contributed by atoms with Crippen LogP contribution in [0.1, 0.15) is 40.9 Å². The molecule has 0 saturated heterocycles. The van der Waals surface area contributed by atoms with Crippen LogP contribution in [0.5, 0.6) is 0 Å². The summed E-state index contributed by atoms with van der Waals surface area (Å²) in [6.07, 6.45) is 1.35. The fourth-order valence-corrected chi connectivity index (χ4v) is 2.56. The first-order valence-electron chi connectivity index (χ1n) is 8.55. The van der Waals surface area contributed by atoms with Gasteiger partial charge in [-0.1, -0.05) is 23.7 Å². The maximum Gasteiger partial charge on any atom is 0.338 e. The van der Waals surface area contributed by atoms with Crippen LogP contribution < -0.4 is 11.1 Å². The average Bonchev–Trinajstić information content (AvgIpc) is 2.67. The zero-order valence-electron chi connectivity index (χ0n) is 14.9. The molecule has 144 valence electrons. The molecule has 1 aromatic heterocycles. The van der Waals surface area contributed by atoms with Gasteiger partial charge in [0.15, 0.2) is 6.10 Å². The van der Waals surface area contributed by atoms with E-state index in [0.29, 0.717) is 31.6 Å². The van der Waals surface area contributed by atoms with Crippen LogP contribution in [0.4, 0.5) is 5.82 Å². The number of aryl methyl sites for hydroxylation is 1. The van der Waals surface area contributed by atoms with Crippen LogP contribution in [0, 0.1) is 0 Å². The lowest BCUT2D eigenvalue weighted by Crippen LogP contribution is -2.30. The summed E-state index contributed by atoms with van der Waals surface area (Å²) >= 11 is 5.85. The van der Waals surface area contributed by atoms with E-state index in [1.165, 1.54) is 12.3 Å². The number of rotatable bonds is 8. The van der Waals surface area contributed by atoms with E-state index in [-0.39, 0.29) is 22.4 Å². The number of ether oxygens (including phenoxy) is 1. The van der Waals surface area contributed by atoms with Crippen molar-refractivity contribution in [2.45, 2.75) is 25.9 Å². The highest BCUT2D eigenvalue weighted by atomic mass is 35.5. The molecule has 2 rings (SSSR count). The second-order valence-electron chi connectivity index (χ2n) is 5.85. The lowest BCUT2D eigenvalue weighted by atomic mass is 10.1. The predicted molar refractivity (Wildman–Crippen MR) is 102 cm³/mol. The molecule has 1 heterocycles. The average molecular weight is 392 g/mol. The third kappa shape index (κ3) is 5.94. The van der Waals surface area contributed by atoms with Gasteiger partial charge in [0.05, 0.1) is 17.2 Å². The van der Waals surface area contributed by atoms with Crippen molar-refractivity contribution >= 4 is 29.3 Å². The molecular weight excluding hydrogens is 370 g/mol. The predicted octanol–water partition coefficient (Wildman–Crippen LogP) is 2.28. The molecule has 0 spiro atoms. The number of esters is 1. The Hall–Kier alpha value is -2.64. The highest BCUT2D eigenvalue weighted by Gasteiger charge is 2.18. The zero-order chi connectivity index (χ0) is 19.8. The Bertz CT molecular complexity index is 796. The number of halogens is 1. The fourth-order valence-electron chi connectivity index (χ4n) is 2.39. The van der Waals surface area contributed by atoms with Gasteiger partial charge in [-0.15, -0.1) is 0 Å². The van der Waals surface area contributed by atoms with Crippen molar-refractivity contribution in [3.05, 3.63) is 58.2 Å². The molecule has 4 N–H and O–H groups in total. The number of hydrogen-bond acceptors (Lipinski definition) is 6. The summed E-state index contributed by atoms with van der Waals surface area (Å²) in [6.45, 7) is 2.49. The lowest BCUT2D eigenvalue weighted by Gasteiger charge is -2.12. The molecule has 0 radical (unpaired) electrons. The summed E-state index contributed by atoms with van der Waals surface area (Å²) in [5.74, 6) is -0.736. The van der Waals surface area contributed by atoms with Crippen LogP contribution in [0.2, 0.25) is 5.02 Å². The van der Waals surface area contributed by atoms with Crippen LogP contribution in [0.25, 0.3) is 0 Å². The third-order valence-corrected chi connectivity index (χ3v) is 4.16. The van der Waals surface area contributed by atoms with Gasteiger partial charge in [-0.2, -0.15) is 0 Å². The van der Waals surface area contributed by atoms with Crippen molar-refractivity contribution in [3.8, 4) is 0 Å². The van der Waals surface area contributed by atoms with Crippen molar-refractivity contribution in [2.24, 2.45) is 0 Å². The molecule has 1 atom stereocenters. The van der Waals surface area contributed by atoms with Crippen molar-refractivity contribution in [1.29, 1.82) is 0 Å². The van der Waals surface area contributed by atoms with E-state index >= 15 is 0 Å². The van der Waals surface area contributed by atoms with Crippen LogP contribution >= 0.6 is 11.6 Å². The number of carbonyl (C=O) groups excluding carboxylic acids is 2. The second kappa shape index (κ2) is 9.89. The van der Waals surface area contributed by atoms with Crippen molar-refractivity contribution in [2.75, 3.05) is 18.9 Å². The first-order chi connectivity index (χ1) is 12.9. The zero-order valence-corrected chi connectivity index (χ0v) is 15.7. The molecule has 0 aliphatic rings. The van der Waals surface area contributed by atoms with Crippen molar-refractivity contribution < 1.29 is 19.4 Å². The second-order valence-corrected chi connectivity index (χ2v) is 6.26. The molecular formula is C19H22ClN3O4. The summed E-state index contributed by atoms with van der Waals surface area (Å²) in [5, 5.41) is 12.9. The molecule has 2 aromatic rings. The summed E-state index contributed by atoms with van der Waals surface area (Å²) in [7, 11) is 0. The largest absolute Gasteiger partial charge is 0.462 e. The number of nitrogens with two attached hydrogens (primary N) is 1. The smallest absolute Gasteiger partial charge is 0.338 e. The number of aromatic nitrogens is 1.